The number of rotatable bonds is 6. The smallest absolute Gasteiger partial charge is 0.331 e. The number of amides is 1. The maximum atomic E-state index is 11.8. The quantitative estimate of drug-likeness (QED) is 0.300. The Kier molecular flexibility index (Phi) is 7.51. The molecule has 1 amide bonds. The Hall–Kier alpha value is -2.81. The fourth-order valence-corrected chi connectivity index (χ4v) is 3.59. The van der Waals surface area contributed by atoms with Crippen LogP contribution in [-0.2, 0) is 20.9 Å². The molecule has 1 aliphatic rings. The first-order valence-corrected chi connectivity index (χ1v) is 10.1. The molecule has 0 unspecified atom stereocenters. The molecule has 0 saturated carbocycles. The van der Waals surface area contributed by atoms with E-state index in [-0.39, 0.29) is 10.1 Å². The number of nitrogens with one attached hydrogen (secondary N) is 1. The second-order valence-corrected chi connectivity index (χ2v) is 7.66. The molecule has 0 aliphatic carbocycles. The SMILES string of the molecule is COC(=O)/C=C1/S/C(=N\N=Cc2c(Cl)cc(OCc3ccccc3)cc2Cl)NC1=O. The Morgan fingerprint density at radius 2 is 1.90 bits per heavy atom. The average molecular weight is 464 g/mol. The second kappa shape index (κ2) is 10.3. The topological polar surface area (TPSA) is 89.3 Å². The monoisotopic (exact) mass is 463 g/mol. The van der Waals surface area contributed by atoms with Crippen LogP contribution < -0.4 is 10.1 Å². The zero-order valence-electron chi connectivity index (χ0n) is 15.6. The Balaban J connectivity index is 1.67. The van der Waals surface area contributed by atoms with Crippen molar-refractivity contribution in [3.05, 3.63) is 74.6 Å². The number of ether oxygens (including phenoxy) is 2. The molecule has 2 aromatic carbocycles. The molecule has 0 spiro atoms. The molecule has 154 valence electrons. The van der Waals surface area contributed by atoms with E-state index in [1.54, 1.807) is 12.1 Å². The van der Waals surface area contributed by atoms with Gasteiger partial charge in [0.2, 0.25) is 0 Å². The summed E-state index contributed by atoms with van der Waals surface area (Å²) in [5, 5.41) is 11.2. The summed E-state index contributed by atoms with van der Waals surface area (Å²) in [4.78, 5) is 23.2. The zero-order chi connectivity index (χ0) is 21.5. The Bertz CT molecular complexity index is 1030. The van der Waals surface area contributed by atoms with Gasteiger partial charge in [-0.05, 0) is 29.5 Å². The third-order valence-corrected chi connectivity index (χ3v) is 5.26. The molecule has 2 aromatic rings. The van der Waals surface area contributed by atoms with Gasteiger partial charge < -0.3 is 9.47 Å². The van der Waals surface area contributed by atoms with E-state index in [0.717, 1.165) is 23.4 Å². The molecule has 0 atom stereocenters. The van der Waals surface area contributed by atoms with Crippen LogP contribution in [0.3, 0.4) is 0 Å². The number of hydrogen-bond donors (Lipinski definition) is 1. The fraction of sp³-hybridized carbons (Fsp3) is 0.100. The van der Waals surface area contributed by atoms with Gasteiger partial charge in [0.1, 0.15) is 12.4 Å². The van der Waals surface area contributed by atoms with Crippen molar-refractivity contribution in [1.29, 1.82) is 0 Å². The first kappa shape index (κ1) is 21.9. The highest BCUT2D eigenvalue weighted by Gasteiger charge is 2.25. The normalized spacial score (nSPS) is 16.3. The van der Waals surface area contributed by atoms with Gasteiger partial charge in [0.05, 0.1) is 28.3 Å². The maximum Gasteiger partial charge on any atom is 0.331 e. The molecule has 0 bridgehead atoms. The lowest BCUT2D eigenvalue weighted by Gasteiger charge is -2.09. The van der Waals surface area contributed by atoms with E-state index in [2.05, 4.69) is 20.3 Å². The third-order valence-electron chi connectivity index (χ3n) is 3.74. The Labute approximate surface area is 186 Å². The molecule has 7 nitrogen and oxygen atoms in total. The fourth-order valence-electron chi connectivity index (χ4n) is 2.29. The number of amidine groups is 1. The summed E-state index contributed by atoms with van der Waals surface area (Å²) in [7, 11) is 1.22. The van der Waals surface area contributed by atoms with Crippen LogP contribution in [-0.4, -0.2) is 30.4 Å². The van der Waals surface area contributed by atoms with E-state index in [9.17, 15) is 9.59 Å². The van der Waals surface area contributed by atoms with Crippen LogP contribution in [0, 0.1) is 0 Å². The molecule has 0 radical (unpaired) electrons. The lowest BCUT2D eigenvalue weighted by Crippen LogP contribution is -2.19. The summed E-state index contributed by atoms with van der Waals surface area (Å²) >= 11 is 13.5. The largest absolute Gasteiger partial charge is 0.489 e. The lowest BCUT2D eigenvalue weighted by molar-refractivity contribution is -0.135. The molecular weight excluding hydrogens is 449 g/mol. The predicted octanol–water partition coefficient (Wildman–Crippen LogP) is 4.18. The number of benzene rings is 2. The maximum absolute atomic E-state index is 11.8. The minimum atomic E-state index is -0.634. The molecule has 3 rings (SSSR count). The first-order chi connectivity index (χ1) is 14.5. The summed E-state index contributed by atoms with van der Waals surface area (Å²) in [6.45, 7) is 0.382. The summed E-state index contributed by atoms with van der Waals surface area (Å²) in [5.74, 6) is -0.575. The lowest BCUT2D eigenvalue weighted by atomic mass is 10.2. The van der Waals surface area contributed by atoms with Crippen molar-refractivity contribution in [1.82, 2.24) is 5.32 Å². The van der Waals surface area contributed by atoms with Crippen LogP contribution in [0.2, 0.25) is 10.0 Å². The van der Waals surface area contributed by atoms with Crippen molar-refractivity contribution in [2.45, 2.75) is 6.61 Å². The van der Waals surface area contributed by atoms with Crippen molar-refractivity contribution in [2.24, 2.45) is 10.2 Å². The van der Waals surface area contributed by atoms with Gasteiger partial charge in [0.25, 0.3) is 5.91 Å². The minimum absolute atomic E-state index is 0.159. The molecule has 10 heteroatoms. The second-order valence-electron chi connectivity index (χ2n) is 5.81. The predicted molar refractivity (Wildman–Crippen MR) is 118 cm³/mol. The number of nitrogens with zero attached hydrogens (tertiary/aromatic N) is 2. The van der Waals surface area contributed by atoms with E-state index in [0.29, 0.717) is 28.0 Å². The minimum Gasteiger partial charge on any atom is -0.489 e. The van der Waals surface area contributed by atoms with E-state index in [1.807, 2.05) is 30.3 Å². The molecule has 1 N–H and O–H groups in total. The highest BCUT2D eigenvalue weighted by molar-refractivity contribution is 8.18. The average Bonchev–Trinajstić information content (AvgIpc) is 3.08. The molecular formula is C20H15Cl2N3O4S. The van der Waals surface area contributed by atoms with Crippen molar-refractivity contribution in [3.8, 4) is 5.75 Å². The number of esters is 1. The first-order valence-electron chi connectivity index (χ1n) is 8.52. The molecule has 30 heavy (non-hydrogen) atoms. The number of hydrogen-bond acceptors (Lipinski definition) is 7. The van der Waals surface area contributed by atoms with Crippen molar-refractivity contribution >= 4 is 58.2 Å². The molecule has 1 saturated heterocycles. The van der Waals surface area contributed by atoms with Gasteiger partial charge in [-0.25, -0.2) is 4.79 Å². The molecule has 1 aliphatic heterocycles. The number of thioether (sulfide) groups is 1. The van der Waals surface area contributed by atoms with E-state index < -0.39 is 11.9 Å². The Morgan fingerprint density at radius 3 is 2.57 bits per heavy atom. The zero-order valence-corrected chi connectivity index (χ0v) is 17.9. The van der Waals surface area contributed by atoms with Gasteiger partial charge in [-0.15, -0.1) is 5.10 Å². The van der Waals surface area contributed by atoms with Gasteiger partial charge in [-0.2, -0.15) is 5.10 Å². The standard InChI is InChI=1S/C20H15Cl2N3O4S/c1-28-18(26)9-17-19(27)24-20(30-17)25-23-10-14-15(21)7-13(8-16(14)22)29-11-12-5-3-2-4-6-12/h2-10H,11H2,1H3,(H,24,25,27)/b17-9+,23-10?. The van der Waals surface area contributed by atoms with Gasteiger partial charge in [-0.1, -0.05) is 53.5 Å². The van der Waals surface area contributed by atoms with Crippen LogP contribution in [0.5, 0.6) is 5.75 Å². The van der Waals surface area contributed by atoms with Crippen LogP contribution >= 0.6 is 35.0 Å². The van der Waals surface area contributed by atoms with Crippen LogP contribution in [0.15, 0.2) is 63.6 Å². The summed E-state index contributed by atoms with van der Waals surface area (Å²) in [6.07, 6.45) is 2.45. The van der Waals surface area contributed by atoms with Crippen molar-refractivity contribution in [3.63, 3.8) is 0 Å². The van der Waals surface area contributed by atoms with Gasteiger partial charge in [0.15, 0.2) is 5.17 Å². The van der Waals surface area contributed by atoms with Gasteiger partial charge in [-0.3, -0.25) is 10.1 Å². The van der Waals surface area contributed by atoms with Gasteiger partial charge in [0, 0.05) is 11.6 Å². The van der Waals surface area contributed by atoms with E-state index in [4.69, 9.17) is 27.9 Å². The third kappa shape index (κ3) is 5.85. The van der Waals surface area contributed by atoms with Crippen LogP contribution in [0.25, 0.3) is 0 Å². The van der Waals surface area contributed by atoms with Crippen LogP contribution in [0.1, 0.15) is 11.1 Å². The Morgan fingerprint density at radius 1 is 1.20 bits per heavy atom. The van der Waals surface area contributed by atoms with Crippen LogP contribution in [0.4, 0.5) is 0 Å². The van der Waals surface area contributed by atoms with Crippen molar-refractivity contribution in [2.75, 3.05) is 7.11 Å². The van der Waals surface area contributed by atoms with Gasteiger partial charge >= 0.3 is 5.97 Å². The van der Waals surface area contributed by atoms with Crippen molar-refractivity contribution < 1.29 is 19.1 Å². The number of carbonyl (C=O) groups is 2. The summed E-state index contributed by atoms with van der Waals surface area (Å²) in [6, 6.07) is 13.0. The number of carbonyl (C=O) groups excluding carboxylic acids is 2. The molecule has 0 aromatic heterocycles. The molecule has 1 fully saturated rings. The molecule has 1 heterocycles. The highest BCUT2D eigenvalue weighted by atomic mass is 35.5. The van der Waals surface area contributed by atoms with E-state index in [1.165, 1.54) is 13.3 Å². The van der Waals surface area contributed by atoms with E-state index >= 15 is 0 Å². The number of methoxy groups -OCH3 is 1. The summed E-state index contributed by atoms with van der Waals surface area (Å²) < 4.78 is 10.2. The summed E-state index contributed by atoms with van der Waals surface area (Å²) in [5.41, 5.74) is 1.47. The highest BCUT2D eigenvalue weighted by Crippen LogP contribution is 2.30. The number of halogens is 2.